The molecule has 0 spiro atoms. The highest BCUT2D eigenvalue weighted by Gasteiger charge is 2.22. The summed E-state index contributed by atoms with van der Waals surface area (Å²) in [5.41, 5.74) is 2.14. The van der Waals surface area contributed by atoms with Crippen LogP contribution in [-0.2, 0) is 11.3 Å². The van der Waals surface area contributed by atoms with Gasteiger partial charge in [-0.2, -0.15) is 0 Å². The molecule has 0 aliphatic carbocycles. The van der Waals surface area contributed by atoms with E-state index in [1.807, 2.05) is 42.6 Å². The molecule has 1 atom stereocenters. The van der Waals surface area contributed by atoms with Crippen molar-refractivity contribution in [1.29, 1.82) is 0 Å². The number of halogens is 2. The SMILES string of the molecule is Clc1ccc([C@@H]2CN(Cc3ccccn3)CCO2)cc1Cl. The quantitative estimate of drug-likeness (QED) is 0.855. The van der Waals surface area contributed by atoms with Crippen molar-refractivity contribution in [3.05, 3.63) is 63.9 Å². The normalized spacial score (nSPS) is 19.6. The minimum Gasteiger partial charge on any atom is -0.371 e. The van der Waals surface area contributed by atoms with Gasteiger partial charge in [0, 0.05) is 25.8 Å². The molecule has 2 aromatic rings. The van der Waals surface area contributed by atoms with Gasteiger partial charge >= 0.3 is 0 Å². The highest BCUT2D eigenvalue weighted by Crippen LogP contribution is 2.29. The highest BCUT2D eigenvalue weighted by atomic mass is 35.5. The second-order valence-corrected chi connectivity index (χ2v) is 5.90. The van der Waals surface area contributed by atoms with Gasteiger partial charge in [-0.1, -0.05) is 35.3 Å². The third-order valence-corrected chi connectivity index (χ3v) is 4.32. The Balaban J connectivity index is 1.69. The predicted octanol–water partition coefficient (Wildman–Crippen LogP) is 3.96. The number of ether oxygens (including phenoxy) is 1. The van der Waals surface area contributed by atoms with Crippen LogP contribution < -0.4 is 0 Å². The summed E-state index contributed by atoms with van der Waals surface area (Å²) in [4.78, 5) is 6.72. The van der Waals surface area contributed by atoms with Crippen LogP contribution in [0.3, 0.4) is 0 Å². The van der Waals surface area contributed by atoms with Gasteiger partial charge in [-0.05, 0) is 29.8 Å². The summed E-state index contributed by atoms with van der Waals surface area (Å²) in [6.07, 6.45) is 1.85. The number of hydrogen-bond acceptors (Lipinski definition) is 3. The Morgan fingerprint density at radius 2 is 2.10 bits per heavy atom. The fourth-order valence-electron chi connectivity index (χ4n) is 2.48. The van der Waals surface area contributed by atoms with Crippen LogP contribution in [0.15, 0.2) is 42.6 Å². The number of nitrogens with zero attached hydrogens (tertiary/aromatic N) is 2. The van der Waals surface area contributed by atoms with Crippen LogP contribution >= 0.6 is 23.2 Å². The van der Waals surface area contributed by atoms with Crippen molar-refractivity contribution in [3.63, 3.8) is 0 Å². The lowest BCUT2D eigenvalue weighted by Gasteiger charge is -2.33. The fourth-order valence-corrected chi connectivity index (χ4v) is 2.79. The van der Waals surface area contributed by atoms with Gasteiger partial charge in [0.1, 0.15) is 0 Å². The molecule has 1 aliphatic rings. The Kier molecular flexibility index (Phi) is 4.76. The molecule has 3 nitrogen and oxygen atoms in total. The van der Waals surface area contributed by atoms with E-state index in [1.165, 1.54) is 0 Å². The molecular formula is C16H16Cl2N2O. The minimum absolute atomic E-state index is 0.0252. The van der Waals surface area contributed by atoms with Crippen LogP contribution in [-0.4, -0.2) is 29.6 Å². The molecule has 3 rings (SSSR count). The van der Waals surface area contributed by atoms with Crippen LogP contribution in [0.1, 0.15) is 17.4 Å². The van der Waals surface area contributed by atoms with Gasteiger partial charge in [-0.3, -0.25) is 9.88 Å². The first-order valence-electron chi connectivity index (χ1n) is 6.91. The number of hydrogen-bond donors (Lipinski definition) is 0. The number of aromatic nitrogens is 1. The Morgan fingerprint density at radius 1 is 1.19 bits per heavy atom. The van der Waals surface area contributed by atoms with Gasteiger partial charge in [0.05, 0.1) is 28.5 Å². The summed E-state index contributed by atoms with van der Waals surface area (Å²) in [5.74, 6) is 0. The molecule has 1 aliphatic heterocycles. The van der Waals surface area contributed by atoms with Gasteiger partial charge in [-0.25, -0.2) is 0 Å². The van der Waals surface area contributed by atoms with Crippen molar-refractivity contribution in [3.8, 4) is 0 Å². The predicted molar refractivity (Wildman–Crippen MR) is 84.7 cm³/mol. The van der Waals surface area contributed by atoms with E-state index in [4.69, 9.17) is 27.9 Å². The van der Waals surface area contributed by atoms with Gasteiger partial charge in [0.25, 0.3) is 0 Å². The van der Waals surface area contributed by atoms with Crippen LogP contribution in [0, 0.1) is 0 Å². The summed E-state index contributed by atoms with van der Waals surface area (Å²) in [7, 11) is 0. The second kappa shape index (κ2) is 6.75. The first-order valence-corrected chi connectivity index (χ1v) is 7.67. The molecule has 1 aromatic heterocycles. The van der Waals surface area contributed by atoms with Gasteiger partial charge in [-0.15, -0.1) is 0 Å². The van der Waals surface area contributed by atoms with E-state index < -0.39 is 0 Å². The smallest absolute Gasteiger partial charge is 0.0953 e. The van der Waals surface area contributed by atoms with Crippen molar-refractivity contribution in [1.82, 2.24) is 9.88 Å². The molecule has 1 saturated heterocycles. The maximum atomic E-state index is 6.09. The summed E-state index contributed by atoms with van der Waals surface area (Å²) >= 11 is 12.1. The molecule has 0 bridgehead atoms. The summed E-state index contributed by atoms with van der Waals surface area (Å²) in [5, 5.41) is 1.14. The number of pyridine rings is 1. The molecule has 1 aromatic carbocycles. The third-order valence-electron chi connectivity index (χ3n) is 3.58. The van der Waals surface area contributed by atoms with Crippen LogP contribution in [0.2, 0.25) is 10.0 Å². The Labute approximate surface area is 134 Å². The average molecular weight is 323 g/mol. The molecule has 0 N–H and O–H groups in total. The van der Waals surface area contributed by atoms with E-state index in [0.29, 0.717) is 16.7 Å². The van der Waals surface area contributed by atoms with E-state index in [0.717, 1.165) is 30.9 Å². The van der Waals surface area contributed by atoms with Gasteiger partial charge < -0.3 is 4.74 Å². The Hall–Kier alpha value is -1.13. The molecule has 0 radical (unpaired) electrons. The lowest BCUT2D eigenvalue weighted by molar-refractivity contribution is -0.0332. The van der Waals surface area contributed by atoms with Crippen LogP contribution in [0.25, 0.3) is 0 Å². The number of morpholine rings is 1. The first-order chi connectivity index (χ1) is 10.2. The zero-order valence-corrected chi connectivity index (χ0v) is 13.0. The molecule has 21 heavy (non-hydrogen) atoms. The second-order valence-electron chi connectivity index (χ2n) is 5.09. The lowest BCUT2D eigenvalue weighted by Crippen LogP contribution is -2.38. The lowest BCUT2D eigenvalue weighted by atomic mass is 10.1. The molecular weight excluding hydrogens is 307 g/mol. The van der Waals surface area contributed by atoms with E-state index in [2.05, 4.69) is 9.88 Å². The van der Waals surface area contributed by atoms with E-state index in [-0.39, 0.29) is 6.10 Å². The van der Waals surface area contributed by atoms with Crippen molar-refractivity contribution < 1.29 is 4.74 Å². The fraction of sp³-hybridized carbons (Fsp3) is 0.312. The first kappa shape index (κ1) is 14.8. The molecule has 2 heterocycles. The maximum Gasteiger partial charge on any atom is 0.0953 e. The molecule has 1 fully saturated rings. The van der Waals surface area contributed by atoms with Gasteiger partial charge in [0.2, 0.25) is 0 Å². The molecule has 0 saturated carbocycles. The maximum absolute atomic E-state index is 6.09. The van der Waals surface area contributed by atoms with E-state index >= 15 is 0 Å². The van der Waals surface area contributed by atoms with Gasteiger partial charge in [0.15, 0.2) is 0 Å². The summed E-state index contributed by atoms with van der Waals surface area (Å²) < 4.78 is 5.86. The zero-order chi connectivity index (χ0) is 14.7. The van der Waals surface area contributed by atoms with Crippen LogP contribution in [0.5, 0.6) is 0 Å². The third kappa shape index (κ3) is 3.74. The molecule has 0 unspecified atom stereocenters. The summed E-state index contributed by atoms with van der Waals surface area (Å²) in [6.45, 7) is 3.28. The summed E-state index contributed by atoms with van der Waals surface area (Å²) in [6, 6.07) is 11.7. The van der Waals surface area contributed by atoms with Crippen molar-refractivity contribution in [2.24, 2.45) is 0 Å². The van der Waals surface area contributed by atoms with Crippen molar-refractivity contribution >= 4 is 23.2 Å². The minimum atomic E-state index is 0.0252. The van der Waals surface area contributed by atoms with Crippen molar-refractivity contribution in [2.75, 3.05) is 19.7 Å². The van der Waals surface area contributed by atoms with Crippen molar-refractivity contribution in [2.45, 2.75) is 12.6 Å². The zero-order valence-electron chi connectivity index (χ0n) is 11.5. The topological polar surface area (TPSA) is 25.4 Å². The largest absolute Gasteiger partial charge is 0.371 e. The molecule has 0 amide bonds. The molecule has 5 heteroatoms. The Bertz CT molecular complexity index is 606. The Morgan fingerprint density at radius 3 is 2.86 bits per heavy atom. The highest BCUT2D eigenvalue weighted by molar-refractivity contribution is 6.42. The number of benzene rings is 1. The van der Waals surface area contributed by atoms with Crippen LogP contribution in [0.4, 0.5) is 0 Å². The molecule has 110 valence electrons. The average Bonchev–Trinajstić information content (AvgIpc) is 2.51. The monoisotopic (exact) mass is 322 g/mol. The van der Waals surface area contributed by atoms with E-state index in [9.17, 15) is 0 Å². The standard InChI is InChI=1S/C16H16Cl2N2O/c17-14-5-4-12(9-15(14)18)16-11-20(7-8-21-16)10-13-3-1-2-6-19-13/h1-6,9,16H,7-8,10-11H2/t16-/m0/s1. The number of rotatable bonds is 3. The van der Waals surface area contributed by atoms with E-state index in [1.54, 1.807) is 0 Å².